The van der Waals surface area contributed by atoms with Crippen LogP contribution in [0.5, 0.6) is 0 Å². The van der Waals surface area contributed by atoms with E-state index < -0.39 is 17.2 Å². The van der Waals surface area contributed by atoms with Crippen molar-refractivity contribution in [3.8, 4) is 0 Å². The van der Waals surface area contributed by atoms with Gasteiger partial charge in [-0.2, -0.15) is 0 Å². The average Bonchev–Trinajstić information content (AvgIpc) is 3.23. The van der Waals surface area contributed by atoms with Crippen molar-refractivity contribution in [2.45, 2.75) is 31.1 Å². The molecule has 1 fully saturated rings. The molecule has 0 radical (unpaired) electrons. The third-order valence-corrected chi connectivity index (χ3v) is 5.71. The van der Waals surface area contributed by atoms with Crippen molar-refractivity contribution < 1.29 is 18.7 Å². The molecule has 26 heavy (non-hydrogen) atoms. The highest BCUT2D eigenvalue weighted by molar-refractivity contribution is 6.30. The Balaban J connectivity index is 1.90. The van der Waals surface area contributed by atoms with Crippen LogP contribution in [0.3, 0.4) is 0 Å². The molecule has 4 rings (SSSR count). The highest BCUT2D eigenvalue weighted by Gasteiger charge is 2.52. The van der Waals surface area contributed by atoms with Crippen molar-refractivity contribution in [3.05, 3.63) is 58.4 Å². The summed E-state index contributed by atoms with van der Waals surface area (Å²) in [5.74, 6) is -1.09. The van der Waals surface area contributed by atoms with E-state index in [-0.39, 0.29) is 10.9 Å². The topological polar surface area (TPSA) is 46.6 Å². The third kappa shape index (κ3) is 2.34. The first-order chi connectivity index (χ1) is 12.5. The zero-order valence-electron chi connectivity index (χ0n) is 14.2. The number of carbonyl (C=O) groups excluding carboxylic acids is 2. The van der Waals surface area contributed by atoms with Gasteiger partial charge in [0.1, 0.15) is 5.82 Å². The normalized spacial score (nSPS) is 17.7. The molecule has 0 N–H and O–H groups in total. The van der Waals surface area contributed by atoms with Gasteiger partial charge >= 0.3 is 5.97 Å². The van der Waals surface area contributed by atoms with Crippen LogP contribution in [-0.4, -0.2) is 19.0 Å². The van der Waals surface area contributed by atoms with E-state index in [2.05, 4.69) is 0 Å². The number of benzene rings is 2. The van der Waals surface area contributed by atoms with Crippen LogP contribution in [0.15, 0.2) is 36.4 Å². The van der Waals surface area contributed by atoms with Crippen LogP contribution in [0.25, 0.3) is 0 Å². The molecule has 1 amide bonds. The molecular formula is C20H17ClFNO3. The summed E-state index contributed by atoms with van der Waals surface area (Å²) in [5.41, 5.74) is 1.70. The Kier molecular flexibility index (Phi) is 3.99. The predicted octanol–water partition coefficient (Wildman–Crippen LogP) is 4.76. The third-order valence-electron chi connectivity index (χ3n) is 5.41. The molecular weight excluding hydrogens is 357 g/mol. The van der Waals surface area contributed by atoms with Crippen LogP contribution in [0.2, 0.25) is 5.02 Å². The summed E-state index contributed by atoms with van der Waals surface area (Å²) >= 11 is 5.79. The maximum absolute atomic E-state index is 14.0. The number of amides is 1. The van der Waals surface area contributed by atoms with Crippen LogP contribution in [0.4, 0.5) is 15.8 Å². The molecule has 0 unspecified atom stereocenters. The molecule has 2 aliphatic rings. The molecule has 0 bridgehead atoms. The number of rotatable bonds is 2. The highest BCUT2D eigenvalue weighted by Crippen LogP contribution is 2.53. The van der Waals surface area contributed by atoms with Gasteiger partial charge in [-0.25, -0.2) is 9.18 Å². The van der Waals surface area contributed by atoms with Crippen LogP contribution in [-0.2, 0) is 14.9 Å². The van der Waals surface area contributed by atoms with Gasteiger partial charge < -0.3 is 4.74 Å². The molecule has 1 saturated carbocycles. The largest absolute Gasteiger partial charge is 0.465 e. The number of methoxy groups -OCH3 is 1. The Labute approximate surface area is 155 Å². The molecule has 0 aromatic heterocycles. The van der Waals surface area contributed by atoms with E-state index in [1.54, 1.807) is 29.2 Å². The predicted molar refractivity (Wildman–Crippen MR) is 96.5 cm³/mol. The van der Waals surface area contributed by atoms with Crippen LogP contribution >= 0.6 is 11.6 Å². The maximum atomic E-state index is 14.0. The van der Waals surface area contributed by atoms with Crippen molar-refractivity contribution in [2.75, 3.05) is 12.0 Å². The molecule has 1 heterocycles. The lowest BCUT2D eigenvalue weighted by Crippen LogP contribution is -2.36. The Bertz CT molecular complexity index is 921. The highest BCUT2D eigenvalue weighted by atomic mass is 35.5. The zero-order chi connectivity index (χ0) is 18.5. The van der Waals surface area contributed by atoms with Crippen LogP contribution in [0, 0.1) is 5.82 Å². The van der Waals surface area contributed by atoms with Gasteiger partial charge in [-0.1, -0.05) is 24.4 Å². The van der Waals surface area contributed by atoms with Gasteiger partial charge in [0.25, 0.3) is 0 Å². The van der Waals surface area contributed by atoms with E-state index in [1.165, 1.54) is 19.2 Å². The molecule has 6 heteroatoms. The minimum Gasteiger partial charge on any atom is -0.465 e. The van der Waals surface area contributed by atoms with Crippen molar-refractivity contribution in [1.82, 2.24) is 0 Å². The Morgan fingerprint density at radius 2 is 1.92 bits per heavy atom. The molecule has 0 saturated heterocycles. The second-order valence-electron chi connectivity index (χ2n) is 6.75. The first kappa shape index (κ1) is 17.0. The molecule has 1 aliphatic carbocycles. The van der Waals surface area contributed by atoms with E-state index in [0.717, 1.165) is 31.2 Å². The quantitative estimate of drug-likeness (QED) is 0.713. The smallest absolute Gasteiger partial charge is 0.337 e. The number of nitrogens with zero attached hydrogens (tertiary/aromatic N) is 1. The second kappa shape index (κ2) is 6.09. The number of hydrogen-bond donors (Lipinski definition) is 0. The van der Waals surface area contributed by atoms with Gasteiger partial charge in [0.05, 0.1) is 34.5 Å². The van der Waals surface area contributed by atoms with Crippen molar-refractivity contribution in [1.29, 1.82) is 0 Å². The number of carbonyl (C=O) groups is 2. The summed E-state index contributed by atoms with van der Waals surface area (Å²) in [6.45, 7) is 0. The van der Waals surface area contributed by atoms with E-state index >= 15 is 0 Å². The number of anilines is 2. The lowest BCUT2D eigenvalue weighted by atomic mass is 9.79. The molecule has 4 nitrogen and oxygen atoms in total. The second-order valence-corrected chi connectivity index (χ2v) is 7.16. The molecule has 0 atom stereocenters. The summed E-state index contributed by atoms with van der Waals surface area (Å²) in [7, 11) is 1.33. The van der Waals surface area contributed by atoms with E-state index in [0.29, 0.717) is 16.9 Å². The van der Waals surface area contributed by atoms with Crippen LogP contribution < -0.4 is 4.90 Å². The Morgan fingerprint density at radius 1 is 1.19 bits per heavy atom. The average molecular weight is 374 g/mol. The number of esters is 1. The summed E-state index contributed by atoms with van der Waals surface area (Å²) in [4.78, 5) is 26.9. The molecule has 134 valence electrons. The Hall–Kier alpha value is -2.40. The zero-order valence-corrected chi connectivity index (χ0v) is 15.0. The minimum absolute atomic E-state index is 0.0113. The lowest BCUT2D eigenvalue weighted by Gasteiger charge is -2.23. The monoisotopic (exact) mass is 373 g/mol. The molecule has 1 spiro atoms. The van der Waals surface area contributed by atoms with E-state index in [1.807, 2.05) is 0 Å². The van der Waals surface area contributed by atoms with Crippen molar-refractivity contribution >= 4 is 34.9 Å². The number of fused-ring (bicyclic) bond motifs is 2. The summed E-state index contributed by atoms with van der Waals surface area (Å²) < 4.78 is 18.8. The maximum Gasteiger partial charge on any atom is 0.337 e. The standard InChI is InChI=1S/C20H17ClFNO3/c1-26-18(24)12-4-7-17-14(10-12)20(8-2-3-9-20)19(25)23(17)13-5-6-15(21)16(22)11-13/h4-7,10-11H,2-3,8-9H2,1H3. The number of halogens is 2. The summed E-state index contributed by atoms with van der Waals surface area (Å²) in [6.07, 6.45) is 3.32. The van der Waals surface area contributed by atoms with Gasteiger partial charge in [0.15, 0.2) is 0 Å². The molecule has 2 aromatic carbocycles. The van der Waals surface area contributed by atoms with Crippen molar-refractivity contribution in [2.24, 2.45) is 0 Å². The fourth-order valence-corrected chi connectivity index (χ4v) is 4.26. The Morgan fingerprint density at radius 3 is 2.58 bits per heavy atom. The number of ether oxygens (including phenoxy) is 1. The van der Waals surface area contributed by atoms with Gasteiger partial charge in [-0.3, -0.25) is 9.69 Å². The number of hydrogen-bond acceptors (Lipinski definition) is 3. The van der Waals surface area contributed by atoms with Gasteiger partial charge in [0.2, 0.25) is 5.91 Å². The van der Waals surface area contributed by atoms with E-state index in [9.17, 15) is 14.0 Å². The summed E-state index contributed by atoms with van der Waals surface area (Å²) in [6, 6.07) is 9.46. The fraction of sp³-hybridized carbons (Fsp3) is 0.300. The van der Waals surface area contributed by atoms with Gasteiger partial charge in [-0.15, -0.1) is 0 Å². The van der Waals surface area contributed by atoms with Gasteiger partial charge in [0, 0.05) is 0 Å². The first-order valence-corrected chi connectivity index (χ1v) is 8.88. The molecule has 1 aliphatic heterocycles. The summed E-state index contributed by atoms with van der Waals surface area (Å²) in [5, 5.41) is 0.0113. The lowest BCUT2D eigenvalue weighted by molar-refractivity contribution is -0.122. The molecule has 2 aromatic rings. The first-order valence-electron chi connectivity index (χ1n) is 8.50. The minimum atomic E-state index is -0.657. The van der Waals surface area contributed by atoms with Crippen molar-refractivity contribution in [3.63, 3.8) is 0 Å². The van der Waals surface area contributed by atoms with Gasteiger partial charge in [-0.05, 0) is 54.8 Å². The van der Waals surface area contributed by atoms with Crippen LogP contribution in [0.1, 0.15) is 41.6 Å². The fourth-order valence-electron chi connectivity index (χ4n) is 4.14. The van der Waals surface area contributed by atoms with E-state index in [4.69, 9.17) is 16.3 Å². The SMILES string of the molecule is COC(=O)c1ccc2c(c1)C1(CCCC1)C(=O)N2c1ccc(Cl)c(F)c1.